The van der Waals surface area contributed by atoms with Crippen LogP contribution in [0.1, 0.15) is 24.0 Å². The summed E-state index contributed by atoms with van der Waals surface area (Å²) in [6.07, 6.45) is 0.999. The molecule has 0 aliphatic heterocycles. The topological polar surface area (TPSA) is 118 Å². The smallest absolute Gasteiger partial charge is 0.332 e. The Morgan fingerprint density at radius 3 is 2.32 bits per heavy atom. The Labute approximate surface area is 237 Å². The van der Waals surface area contributed by atoms with Gasteiger partial charge in [-0.3, -0.25) is 23.5 Å². The van der Waals surface area contributed by atoms with E-state index in [1.54, 1.807) is 38.5 Å². The number of fused-ring (bicyclic) bond motifs is 1. The molecule has 1 heterocycles. The predicted molar refractivity (Wildman–Crippen MR) is 154 cm³/mol. The van der Waals surface area contributed by atoms with Crippen molar-refractivity contribution in [2.75, 3.05) is 20.8 Å². The van der Waals surface area contributed by atoms with Crippen molar-refractivity contribution in [1.29, 1.82) is 0 Å². The van der Waals surface area contributed by atoms with Gasteiger partial charge in [0.05, 0.1) is 25.1 Å². The number of carbonyl (C=O) groups excluding carboxylic acids is 2. The molecule has 0 spiro atoms. The monoisotopic (exact) mass is 559 g/mol. The third-order valence-corrected chi connectivity index (χ3v) is 6.63. The molecule has 1 N–H and O–H groups in total. The Kier molecular flexibility index (Phi) is 9.93. The van der Waals surface area contributed by atoms with E-state index in [1.807, 2.05) is 48.5 Å². The molecule has 0 saturated heterocycles. The standard InChI is InChI=1S/C31H33N3O7/c1-39-26-15-14-22(19-27(26)40-2)16-17-32-28(35)13-8-18-33-30(37)24-11-6-7-12-25(24)34(31(33)38)20-29(36)41-21-23-9-4-3-5-10-23/h3-7,9-12,14-15,19H,8,13,16-18,20-21H2,1-2H3,(H,32,35). The fraction of sp³-hybridized carbons (Fsp3) is 0.290. The maximum Gasteiger partial charge on any atom is 0.332 e. The molecule has 0 bridgehead atoms. The third-order valence-electron chi connectivity index (χ3n) is 6.63. The van der Waals surface area contributed by atoms with Crippen LogP contribution < -0.4 is 26.0 Å². The van der Waals surface area contributed by atoms with Crippen LogP contribution in [0, 0.1) is 0 Å². The first kappa shape index (κ1) is 29.1. The average molecular weight is 560 g/mol. The van der Waals surface area contributed by atoms with E-state index in [1.165, 1.54) is 4.57 Å². The normalized spacial score (nSPS) is 10.8. The molecule has 0 fully saturated rings. The largest absolute Gasteiger partial charge is 0.493 e. The predicted octanol–water partition coefficient (Wildman–Crippen LogP) is 3.06. The minimum absolute atomic E-state index is 0.0324. The highest BCUT2D eigenvalue weighted by atomic mass is 16.5. The first-order valence-corrected chi connectivity index (χ1v) is 13.3. The first-order chi connectivity index (χ1) is 19.9. The van der Waals surface area contributed by atoms with E-state index < -0.39 is 17.2 Å². The molecular weight excluding hydrogens is 526 g/mol. The minimum atomic E-state index is -0.626. The number of hydrogen-bond acceptors (Lipinski definition) is 7. The van der Waals surface area contributed by atoms with E-state index in [0.717, 1.165) is 15.7 Å². The number of esters is 1. The lowest BCUT2D eigenvalue weighted by atomic mass is 10.1. The van der Waals surface area contributed by atoms with E-state index in [-0.39, 0.29) is 38.4 Å². The first-order valence-electron chi connectivity index (χ1n) is 13.3. The lowest BCUT2D eigenvalue weighted by molar-refractivity contribution is -0.145. The summed E-state index contributed by atoms with van der Waals surface area (Å²) in [5.74, 6) is 0.462. The van der Waals surface area contributed by atoms with E-state index in [2.05, 4.69) is 5.32 Å². The van der Waals surface area contributed by atoms with Gasteiger partial charge in [-0.1, -0.05) is 48.5 Å². The van der Waals surface area contributed by atoms with Gasteiger partial charge in [0.25, 0.3) is 5.56 Å². The van der Waals surface area contributed by atoms with Gasteiger partial charge in [-0.25, -0.2) is 4.79 Å². The Morgan fingerprint density at radius 2 is 1.56 bits per heavy atom. The number of para-hydroxylation sites is 1. The summed E-state index contributed by atoms with van der Waals surface area (Å²) in [6.45, 7) is 0.184. The second-order valence-electron chi connectivity index (χ2n) is 9.38. The summed E-state index contributed by atoms with van der Waals surface area (Å²) >= 11 is 0. The Morgan fingerprint density at radius 1 is 0.829 bits per heavy atom. The van der Waals surface area contributed by atoms with Crippen molar-refractivity contribution >= 4 is 22.8 Å². The Balaban J connectivity index is 1.37. The number of aromatic nitrogens is 2. The van der Waals surface area contributed by atoms with Gasteiger partial charge in [0.1, 0.15) is 13.2 Å². The molecular formula is C31H33N3O7. The van der Waals surface area contributed by atoms with Crippen LogP contribution in [0.2, 0.25) is 0 Å². The molecule has 1 amide bonds. The summed E-state index contributed by atoms with van der Waals surface area (Å²) in [5, 5.41) is 3.17. The van der Waals surface area contributed by atoms with E-state index in [4.69, 9.17) is 14.2 Å². The quantitative estimate of drug-likeness (QED) is 0.250. The number of benzene rings is 3. The zero-order chi connectivity index (χ0) is 29.2. The zero-order valence-electron chi connectivity index (χ0n) is 23.1. The fourth-order valence-electron chi connectivity index (χ4n) is 4.50. The summed E-state index contributed by atoms with van der Waals surface area (Å²) in [6, 6.07) is 21.4. The maximum atomic E-state index is 13.3. The van der Waals surface area contributed by atoms with Crippen LogP contribution in [0.25, 0.3) is 10.9 Å². The molecule has 0 saturated carbocycles. The van der Waals surface area contributed by atoms with Gasteiger partial charge in [-0.15, -0.1) is 0 Å². The molecule has 3 aromatic carbocycles. The van der Waals surface area contributed by atoms with Crippen molar-refractivity contribution < 1.29 is 23.8 Å². The fourth-order valence-corrected chi connectivity index (χ4v) is 4.50. The van der Waals surface area contributed by atoms with E-state index >= 15 is 0 Å². The Hall–Kier alpha value is -4.86. The number of hydrogen-bond donors (Lipinski definition) is 1. The zero-order valence-corrected chi connectivity index (χ0v) is 23.1. The Bertz CT molecular complexity index is 1630. The lowest BCUT2D eigenvalue weighted by Crippen LogP contribution is -2.41. The molecule has 0 unspecified atom stereocenters. The van der Waals surface area contributed by atoms with E-state index in [0.29, 0.717) is 35.4 Å². The molecule has 10 nitrogen and oxygen atoms in total. The van der Waals surface area contributed by atoms with Crippen molar-refractivity contribution in [3.8, 4) is 11.5 Å². The van der Waals surface area contributed by atoms with Crippen LogP contribution >= 0.6 is 0 Å². The van der Waals surface area contributed by atoms with Crippen molar-refractivity contribution in [2.24, 2.45) is 0 Å². The van der Waals surface area contributed by atoms with Crippen LogP contribution in [0.3, 0.4) is 0 Å². The van der Waals surface area contributed by atoms with Gasteiger partial charge in [0.2, 0.25) is 5.91 Å². The number of nitrogens with one attached hydrogen (secondary N) is 1. The summed E-state index contributed by atoms with van der Waals surface area (Å²) in [4.78, 5) is 51.5. The molecule has 214 valence electrons. The summed E-state index contributed by atoms with van der Waals surface area (Å²) < 4.78 is 18.2. The van der Waals surface area contributed by atoms with Gasteiger partial charge >= 0.3 is 11.7 Å². The van der Waals surface area contributed by atoms with Gasteiger partial charge < -0.3 is 19.5 Å². The molecule has 0 aliphatic rings. The summed E-state index contributed by atoms with van der Waals surface area (Å²) in [7, 11) is 3.14. The minimum Gasteiger partial charge on any atom is -0.493 e. The number of nitrogens with zero attached hydrogens (tertiary/aromatic N) is 2. The molecule has 0 atom stereocenters. The molecule has 10 heteroatoms. The van der Waals surface area contributed by atoms with Gasteiger partial charge in [-0.2, -0.15) is 0 Å². The number of methoxy groups -OCH3 is 2. The van der Waals surface area contributed by atoms with E-state index in [9.17, 15) is 19.2 Å². The molecule has 41 heavy (non-hydrogen) atoms. The van der Waals surface area contributed by atoms with Crippen LogP contribution in [0.4, 0.5) is 0 Å². The number of rotatable bonds is 13. The number of carbonyl (C=O) groups is 2. The number of amides is 1. The molecule has 4 aromatic rings. The van der Waals surface area contributed by atoms with Gasteiger partial charge in [-0.05, 0) is 48.2 Å². The highest BCUT2D eigenvalue weighted by Gasteiger charge is 2.16. The van der Waals surface area contributed by atoms with Crippen LogP contribution in [-0.4, -0.2) is 41.8 Å². The second-order valence-corrected chi connectivity index (χ2v) is 9.38. The summed E-state index contributed by atoms with van der Waals surface area (Å²) in [5.41, 5.74) is 1.06. The van der Waals surface area contributed by atoms with Crippen molar-refractivity contribution in [3.63, 3.8) is 0 Å². The molecule has 1 aromatic heterocycles. The highest BCUT2D eigenvalue weighted by molar-refractivity contribution is 5.80. The van der Waals surface area contributed by atoms with Gasteiger partial charge in [0, 0.05) is 19.5 Å². The molecule has 4 rings (SSSR count). The van der Waals surface area contributed by atoms with Crippen molar-refractivity contribution in [1.82, 2.24) is 14.5 Å². The second kappa shape index (κ2) is 14.0. The van der Waals surface area contributed by atoms with Crippen LogP contribution in [0.5, 0.6) is 11.5 Å². The third kappa shape index (κ3) is 7.42. The molecule has 0 aliphatic carbocycles. The van der Waals surface area contributed by atoms with Crippen molar-refractivity contribution in [3.05, 3.63) is 105 Å². The van der Waals surface area contributed by atoms with Crippen LogP contribution in [-0.2, 0) is 40.4 Å². The lowest BCUT2D eigenvalue weighted by Gasteiger charge is -2.14. The van der Waals surface area contributed by atoms with Crippen LogP contribution in [0.15, 0.2) is 82.4 Å². The average Bonchev–Trinajstić information content (AvgIpc) is 3.00. The molecule has 0 radical (unpaired) electrons. The number of ether oxygens (including phenoxy) is 3. The van der Waals surface area contributed by atoms with Gasteiger partial charge in [0.15, 0.2) is 11.5 Å². The maximum absolute atomic E-state index is 13.3. The highest BCUT2D eigenvalue weighted by Crippen LogP contribution is 2.27. The SMILES string of the molecule is COc1ccc(CCNC(=O)CCCn2c(=O)c3ccccc3n(CC(=O)OCc3ccccc3)c2=O)cc1OC. The van der Waals surface area contributed by atoms with Crippen molar-refractivity contribution in [2.45, 2.75) is 39.0 Å².